The number of hydrogen-bond acceptors (Lipinski definition) is 4. The number of allylic oxidation sites excluding steroid dienone is 1. The van der Waals surface area contributed by atoms with Gasteiger partial charge in [-0.05, 0) is 15.9 Å². The largest absolute Gasteiger partial charge is 0.395 e. The molecule has 0 rings (SSSR count). The Morgan fingerprint density at radius 2 is 2.00 bits per heavy atom. The molecule has 0 aromatic carbocycles. The normalized spacial score (nSPS) is 14.2. The second-order valence-corrected chi connectivity index (χ2v) is 4.53. The summed E-state index contributed by atoms with van der Waals surface area (Å²) in [6, 6.07) is 0. The highest BCUT2D eigenvalue weighted by atomic mass is 79.9. The fourth-order valence-electron chi connectivity index (χ4n) is 0.596. The standard InChI is InChI=1S/C6H6BrCl3N2O3/c7-5(9)3(8)4(12(14)15)6(10)11-1-2-13/h11,13H,1-2H2/b5-3-,6-4-. The summed E-state index contributed by atoms with van der Waals surface area (Å²) in [5.74, 6) is 0. The number of hydrogen-bond donors (Lipinski definition) is 2. The van der Waals surface area contributed by atoms with E-state index in [4.69, 9.17) is 39.9 Å². The van der Waals surface area contributed by atoms with Gasteiger partial charge in [-0.3, -0.25) is 10.1 Å². The minimum absolute atomic E-state index is 0.0697. The Labute approximate surface area is 109 Å². The number of aliphatic hydroxyl groups is 1. The maximum atomic E-state index is 10.6. The summed E-state index contributed by atoms with van der Waals surface area (Å²) < 4.78 is -0.125. The van der Waals surface area contributed by atoms with Crippen LogP contribution in [0.5, 0.6) is 0 Å². The van der Waals surface area contributed by atoms with E-state index < -0.39 is 10.6 Å². The third-order valence-corrected chi connectivity index (χ3v) is 2.75. The molecule has 0 atom stereocenters. The van der Waals surface area contributed by atoms with Gasteiger partial charge < -0.3 is 10.4 Å². The van der Waals surface area contributed by atoms with Crippen LogP contribution in [0.2, 0.25) is 0 Å². The van der Waals surface area contributed by atoms with Crippen molar-refractivity contribution in [2.24, 2.45) is 0 Å². The number of rotatable bonds is 5. The second-order valence-electron chi connectivity index (χ2n) is 2.14. The van der Waals surface area contributed by atoms with Gasteiger partial charge in [0.2, 0.25) is 0 Å². The van der Waals surface area contributed by atoms with Crippen LogP contribution in [0.15, 0.2) is 19.8 Å². The molecule has 0 bridgehead atoms. The summed E-state index contributed by atoms with van der Waals surface area (Å²) in [6.07, 6.45) is 0. The molecular weight excluding hydrogens is 334 g/mol. The first-order valence-corrected chi connectivity index (χ1v) is 5.44. The minimum Gasteiger partial charge on any atom is -0.395 e. The molecule has 0 aromatic heterocycles. The van der Waals surface area contributed by atoms with Crippen LogP contribution in [0, 0.1) is 10.1 Å². The molecule has 0 aliphatic rings. The Morgan fingerprint density at radius 1 is 1.47 bits per heavy atom. The average molecular weight is 340 g/mol. The molecular formula is C6H6BrCl3N2O3. The van der Waals surface area contributed by atoms with Crippen molar-refractivity contribution in [1.82, 2.24) is 5.32 Å². The predicted octanol–water partition coefficient (Wildman–Crippen LogP) is 2.29. The second kappa shape index (κ2) is 7.29. The fourth-order valence-corrected chi connectivity index (χ4v) is 1.34. The van der Waals surface area contributed by atoms with Gasteiger partial charge in [-0.25, -0.2) is 0 Å². The van der Waals surface area contributed by atoms with Gasteiger partial charge in [0.25, 0.3) is 0 Å². The summed E-state index contributed by atoms with van der Waals surface area (Å²) in [6.45, 7) is -0.148. The van der Waals surface area contributed by atoms with Crippen LogP contribution in [0.25, 0.3) is 0 Å². The number of aliphatic hydroxyl groups excluding tert-OH is 1. The number of halogens is 4. The smallest absolute Gasteiger partial charge is 0.324 e. The van der Waals surface area contributed by atoms with Crippen molar-refractivity contribution < 1.29 is 10.0 Å². The zero-order chi connectivity index (χ0) is 12.0. The minimum atomic E-state index is -0.779. The van der Waals surface area contributed by atoms with Crippen molar-refractivity contribution in [2.75, 3.05) is 13.2 Å². The Hall–Kier alpha value is -0.0100. The van der Waals surface area contributed by atoms with Gasteiger partial charge in [0.1, 0.15) is 8.97 Å². The average Bonchev–Trinajstić information content (AvgIpc) is 2.14. The first kappa shape index (κ1) is 15.0. The summed E-state index contributed by atoms with van der Waals surface area (Å²) in [5, 5.41) is 20.9. The Kier molecular flexibility index (Phi) is 7.29. The van der Waals surface area contributed by atoms with Crippen LogP contribution < -0.4 is 5.32 Å². The van der Waals surface area contributed by atoms with Crippen LogP contribution in [0.4, 0.5) is 0 Å². The van der Waals surface area contributed by atoms with Crippen molar-refractivity contribution in [3.63, 3.8) is 0 Å². The van der Waals surface area contributed by atoms with E-state index in [1.165, 1.54) is 0 Å². The van der Waals surface area contributed by atoms with Gasteiger partial charge in [0, 0.05) is 6.54 Å². The van der Waals surface area contributed by atoms with Gasteiger partial charge in [-0.1, -0.05) is 34.8 Å². The molecule has 0 fully saturated rings. The number of nitro groups is 1. The fraction of sp³-hybridized carbons (Fsp3) is 0.333. The van der Waals surface area contributed by atoms with Crippen LogP contribution >= 0.6 is 50.7 Å². The molecule has 9 heteroatoms. The SMILES string of the molecule is O=[N+]([O-])C(=C(/Cl)NCCO)/C(Cl)=C(/Cl)Br. The molecule has 0 aliphatic carbocycles. The van der Waals surface area contributed by atoms with E-state index in [9.17, 15) is 10.1 Å². The third kappa shape index (κ3) is 5.03. The zero-order valence-corrected chi connectivity index (χ0v) is 11.0. The van der Waals surface area contributed by atoms with E-state index in [-0.39, 0.29) is 27.3 Å². The van der Waals surface area contributed by atoms with Crippen molar-refractivity contribution in [1.29, 1.82) is 0 Å². The topological polar surface area (TPSA) is 75.4 Å². The molecule has 0 aromatic rings. The van der Waals surface area contributed by atoms with Gasteiger partial charge >= 0.3 is 5.70 Å². The zero-order valence-electron chi connectivity index (χ0n) is 7.14. The lowest BCUT2D eigenvalue weighted by Crippen LogP contribution is -2.18. The molecule has 0 amide bonds. The van der Waals surface area contributed by atoms with E-state index >= 15 is 0 Å². The molecule has 0 saturated carbocycles. The van der Waals surface area contributed by atoms with Crippen molar-refractivity contribution in [3.8, 4) is 0 Å². The molecule has 2 N–H and O–H groups in total. The van der Waals surface area contributed by atoms with Crippen LogP contribution in [-0.4, -0.2) is 23.2 Å². The lowest BCUT2D eigenvalue weighted by molar-refractivity contribution is -0.420. The summed E-state index contributed by atoms with van der Waals surface area (Å²) in [4.78, 5) is 9.83. The van der Waals surface area contributed by atoms with Crippen LogP contribution in [-0.2, 0) is 0 Å². The molecule has 5 nitrogen and oxygen atoms in total. The molecule has 0 spiro atoms. The Balaban J connectivity index is 5.12. The van der Waals surface area contributed by atoms with Crippen molar-refractivity contribution >= 4 is 50.7 Å². The highest BCUT2D eigenvalue weighted by molar-refractivity contribution is 9.12. The monoisotopic (exact) mass is 338 g/mol. The van der Waals surface area contributed by atoms with E-state index in [1.54, 1.807) is 0 Å². The summed E-state index contributed by atoms with van der Waals surface area (Å²) in [7, 11) is 0. The highest BCUT2D eigenvalue weighted by Crippen LogP contribution is 2.29. The highest BCUT2D eigenvalue weighted by Gasteiger charge is 2.23. The molecule has 86 valence electrons. The quantitative estimate of drug-likeness (QED) is 0.348. The van der Waals surface area contributed by atoms with Crippen molar-refractivity contribution in [3.05, 3.63) is 29.9 Å². The lowest BCUT2D eigenvalue weighted by atomic mass is 10.4. The van der Waals surface area contributed by atoms with E-state index in [1.807, 2.05) is 0 Å². The first-order valence-electron chi connectivity index (χ1n) is 3.51. The number of nitrogens with zero attached hydrogens (tertiary/aromatic N) is 1. The Bertz CT molecular complexity index is 315. The van der Waals surface area contributed by atoms with E-state index in [2.05, 4.69) is 21.2 Å². The van der Waals surface area contributed by atoms with Crippen molar-refractivity contribution in [2.45, 2.75) is 0 Å². The first-order chi connectivity index (χ1) is 6.91. The molecule has 0 aliphatic heterocycles. The summed E-state index contributed by atoms with van der Waals surface area (Å²) in [5.41, 5.74) is -0.561. The van der Waals surface area contributed by atoms with Gasteiger partial charge in [0.15, 0.2) is 5.16 Å². The molecule has 0 radical (unpaired) electrons. The third-order valence-electron chi connectivity index (χ3n) is 1.16. The molecule has 0 heterocycles. The van der Waals surface area contributed by atoms with Gasteiger partial charge in [0.05, 0.1) is 11.5 Å². The van der Waals surface area contributed by atoms with E-state index in [0.29, 0.717) is 0 Å². The van der Waals surface area contributed by atoms with Gasteiger partial charge in [-0.15, -0.1) is 0 Å². The molecule has 0 saturated heterocycles. The van der Waals surface area contributed by atoms with Crippen LogP contribution in [0.1, 0.15) is 0 Å². The lowest BCUT2D eigenvalue weighted by Gasteiger charge is -2.03. The predicted molar refractivity (Wildman–Crippen MR) is 62.6 cm³/mol. The number of nitrogens with one attached hydrogen (secondary N) is 1. The Morgan fingerprint density at radius 3 is 2.33 bits per heavy atom. The molecule has 15 heavy (non-hydrogen) atoms. The maximum absolute atomic E-state index is 10.6. The summed E-state index contributed by atoms with van der Waals surface area (Å²) >= 11 is 19.4. The molecule has 0 unspecified atom stereocenters. The van der Waals surface area contributed by atoms with Gasteiger partial charge in [-0.2, -0.15) is 0 Å². The van der Waals surface area contributed by atoms with E-state index in [0.717, 1.165) is 0 Å². The maximum Gasteiger partial charge on any atom is 0.324 e. The van der Waals surface area contributed by atoms with Crippen LogP contribution in [0.3, 0.4) is 0 Å².